The summed E-state index contributed by atoms with van der Waals surface area (Å²) in [6.07, 6.45) is 0. The summed E-state index contributed by atoms with van der Waals surface area (Å²) in [5, 5.41) is 8.50. The van der Waals surface area contributed by atoms with Crippen molar-refractivity contribution in [2.24, 2.45) is 5.73 Å². The van der Waals surface area contributed by atoms with Gasteiger partial charge in [0.1, 0.15) is 0 Å². The maximum atomic E-state index is 5.61. The fourth-order valence-corrected chi connectivity index (χ4v) is 2.89. The lowest BCUT2D eigenvalue weighted by Gasteiger charge is -2.01. The van der Waals surface area contributed by atoms with Crippen molar-refractivity contribution >= 4 is 16.3 Å². The van der Waals surface area contributed by atoms with Crippen LogP contribution in [0.3, 0.4) is 0 Å². The third kappa shape index (κ3) is 1.63. The van der Waals surface area contributed by atoms with Crippen molar-refractivity contribution in [2.45, 2.75) is 20.4 Å². The number of thiazole rings is 1. The minimum atomic E-state index is 0.562. The summed E-state index contributed by atoms with van der Waals surface area (Å²) >= 11 is 1.67. The van der Waals surface area contributed by atoms with Gasteiger partial charge in [0.15, 0.2) is 5.82 Å². The molecule has 0 aliphatic heterocycles. The molecule has 0 aliphatic rings. The zero-order chi connectivity index (χ0) is 12.7. The van der Waals surface area contributed by atoms with Crippen molar-refractivity contribution < 1.29 is 0 Å². The van der Waals surface area contributed by atoms with Crippen molar-refractivity contribution in [3.8, 4) is 11.4 Å². The Morgan fingerprint density at radius 2 is 1.89 bits per heavy atom. The molecule has 3 aromatic rings. The van der Waals surface area contributed by atoms with Gasteiger partial charge in [0.05, 0.1) is 0 Å². The molecule has 2 heterocycles. The van der Waals surface area contributed by atoms with Crippen molar-refractivity contribution in [1.29, 1.82) is 0 Å². The molecule has 3 rings (SSSR count). The van der Waals surface area contributed by atoms with Gasteiger partial charge in [-0.15, -0.1) is 10.2 Å². The quantitative estimate of drug-likeness (QED) is 0.768. The Labute approximate surface area is 109 Å². The lowest BCUT2D eigenvalue weighted by atomic mass is 10.1. The van der Waals surface area contributed by atoms with Crippen molar-refractivity contribution in [1.82, 2.24) is 14.6 Å². The number of aromatic nitrogens is 3. The van der Waals surface area contributed by atoms with Gasteiger partial charge in [0, 0.05) is 22.7 Å². The van der Waals surface area contributed by atoms with Crippen LogP contribution < -0.4 is 5.73 Å². The zero-order valence-electron chi connectivity index (χ0n) is 10.3. The number of rotatable bonds is 2. The second-order valence-corrected chi connectivity index (χ2v) is 5.47. The number of fused-ring (bicyclic) bond motifs is 1. The number of nitrogens with two attached hydrogens (primary N) is 1. The van der Waals surface area contributed by atoms with Crippen LogP contribution in [-0.2, 0) is 6.54 Å². The lowest BCUT2D eigenvalue weighted by Crippen LogP contribution is -1.96. The smallest absolute Gasteiger partial charge is 0.216 e. The van der Waals surface area contributed by atoms with E-state index in [9.17, 15) is 0 Å². The van der Waals surface area contributed by atoms with E-state index in [0.29, 0.717) is 6.54 Å². The standard InChI is InChI=1S/C13H14N4S/c1-8-9(2)18-13-16-15-12(17(8)13)11-5-3-10(7-14)4-6-11/h3-6H,7,14H2,1-2H3. The molecule has 0 spiro atoms. The Bertz CT molecular complexity index is 694. The van der Waals surface area contributed by atoms with Crippen LogP contribution in [0, 0.1) is 13.8 Å². The van der Waals surface area contributed by atoms with Gasteiger partial charge >= 0.3 is 0 Å². The van der Waals surface area contributed by atoms with Crippen LogP contribution in [-0.4, -0.2) is 14.6 Å². The maximum absolute atomic E-state index is 5.61. The van der Waals surface area contributed by atoms with Gasteiger partial charge in [-0.25, -0.2) is 0 Å². The molecule has 2 N–H and O–H groups in total. The van der Waals surface area contributed by atoms with E-state index in [2.05, 4.69) is 28.4 Å². The first-order valence-corrected chi connectivity index (χ1v) is 6.63. The van der Waals surface area contributed by atoms with Crippen LogP contribution >= 0.6 is 11.3 Å². The summed E-state index contributed by atoms with van der Waals surface area (Å²) in [7, 11) is 0. The first kappa shape index (κ1) is 11.4. The molecule has 2 aromatic heterocycles. The number of aryl methyl sites for hydroxylation is 2. The molecule has 18 heavy (non-hydrogen) atoms. The molecule has 92 valence electrons. The van der Waals surface area contributed by atoms with E-state index < -0.39 is 0 Å². The number of hydrogen-bond donors (Lipinski definition) is 1. The van der Waals surface area contributed by atoms with Gasteiger partial charge in [-0.3, -0.25) is 4.40 Å². The van der Waals surface area contributed by atoms with E-state index in [-0.39, 0.29) is 0 Å². The van der Waals surface area contributed by atoms with Crippen LogP contribution in [0.15, 0.2) is 24.3 Å². The lowest BCUT2D eigenvalue weighted by molar-refractivity contribution is 1.06. The minimum Gasteiger partial charge on any atom is -0.326 e. The van der Waals surface area contributed by atoms with E-state index in [1.165, 1.54) is 10.6 Å². The second kappa shape index (κ2) is 4.19. The Kier molecular flexibility index (Phi) is 2.65. The molecule has 0 saturated heterocycles. The van der Waals surface area contributed by atoms with E-state index in [1.54, 1.807) is 11.3 Å². The highest BCUT2D eigenvalue weighted by molar-refractivity contribution is 7.17. The van der Waals surface area contributed by atoms with Crippen molar-refractivity contribution in [3.05, 3.63) is 40.4 Å². The van der Waals surface area contributed by atoms with Gasteiger partial charge < -0.3 is 5.73 Å². The van der Waals surface area contributed by atoms with Gasteiger partial charge in [0.25, 0.3) is 0 Å². The fraction of sp³-hybridized carbons (Fsp3) is 0.231. The first-order chi connectivity index (χ1) is 8.70. The largest absolute Gasteiger partial charge is 0.326 e. The first-order valence-electron chi connectivity index (χ1n) is 5.81. The molecule has 0 atom stereocenters. The number of benzene rings is 1. The molecule has 0 unspecified atom stereocenters. The number of nitrogens with zero attached hydrogens (tertiary/aromatic N) is 3. The third-order valence-electron chi connectivity index (χ3n) is 3.17. The molecule has 1 aromatic carbocycles. The van der Waals surface area contributed by atoms with E-state index in [4.69, 9.17) is 5.73 Å². The molecule has 0 radical (unpaired) electrons. The molecular formula is C13H14N4S. The van der Waals surface area contributed by atoms with Crippen molar-refractivity contribution in [2.75, 3.05) is 0 Å². The highest BCUT2D eigenvalue weighted by Gasteiger charge is 2.13. The Hall–Kier alpha value is -1.72. The SMILES string of the molecule is Cc1sc2nnc(-c3ccc(CN)cc3)n2c1C. The summed E-state index contributed by atoms with van der Waals surface area (Å²) in [6.45, 7) is 4.77. The highest BCUT2D eigenvalue weighted by Crippen LogP contribution is 2.26. The highest BCUT2D eigenvalue weighted by atomic mass is 32.1. The average molecular weight is 258 g/mol. The molecule has 5 heteroatoms. The molecule has 4 nitrogen and oxygen atoms in total. The Morgan fingerprint density at radius 3 is 2.56 bits per heavy atom. The van der Waals surface area contributed by atoms with Crippen LogP contribution in [0.1, 0.15) is 16.1 Å². The number of hydrogen-bond acceptors (Lipinski definition) is 4. The second-order valence-electron chi connectivity index (χ2n) is 4.29. The van der Waals surface area contributed by atoms with E-state index in [1.807, 2.05) is 24.3 Å². The fourth-order valence-electron chi connectivity index (χ4n) is 1.98. The van der Waals surface area contributed by atoms with Crippen molar-refractivity contribution in [3.63, 3.8) is 0 Å². The van der Waals surface area contributed by atoms with Crippen LogP contribution in [0.5, 0.6) is 0 Å². The minimum absolute atomic E-state index is 0.562. The molecule has 0 amide bonds. The topological polar surface area (TPSA) is 56.2 Å². The van der Waals surface area contributed by atoms with Gasteiger partial charge in [-0.05, 0) is 19.4 Å². The predicted octanol–water partition coefficient (Wildman–Crippen LogP) is 2.53. The summed E-state index contributed by atoms with van der Waals surface area (Å²) < 4.78 is 2.11. The van der Waals surface area contributed by atoms with Gasteiger partial charge in [-0.1, -0.05) is 35.6 Å². The zero-order valence-corrected chi connectivity index (χ0v) is 11.2. The monoisotopic (exact) mass is 258 g/mol. The van der Waals surface area contributed by atoms with Crippen LogP contribution in [0.2, 0.25) is 0 Å². The van der Waals surface area contributed by atoms with Crippen LogP contribution in [0.4, 0.5) is 0 Å². The summed E-state index contributed by atoms with van der Waals surface area (Å²) in [5.74, 6) is 0.899. The van der Waals surface area contributed by atoms with Gasteiger partial charge in [-0.2, -0.15) is 0 Å². The normalized spacial score (nSPS) is 11.3. The molecular weight excluding hydrogens is 244 g/mol. The average Bonchev–Trinajstić information content (AvgIpc) is 2.92. The Balaban J connectivity index is 2.18. The maximum Gasteiger partial charge on any atom is 0.216 e. The molecule has 0 saturated carbocycles. The van der Waals surface area contributed by atoms with Crippen LogP contribution in [0.25, 0.3) is 16.3 Å². The third-order valence-corrected chi connectivity index (χ3v) is 4.22. The predicted molar refractivity (Wildman–Crippen MR) is 73.7 cm³/mol. The molecule has 0 aliphatic carbocycles. The summed E-state index contributed by atoms with van der Waals surface area (Å²) in [4.78, 5) is 2.22. The summed E-state index contributed by atoms with van der Waals surface area (Å²) in [6, 6.07) is 8.16. The van der Waals surface area contributed by atoms with E-state index >= 15 is 0 Å². The molecule has 0 bridgehead atoms. The Morgan fingerprint density at radius 1 is 1.17 bits per heavy atom. The molecule has 0 fully saturated rings. The summed E-state index contributed by atoms with van der Waals surface area (Å²) in [5.41, 5.74) is 9.00. The van der Waals surface area contributed by atoms with Gasteiger partial charge in [0.2, 0.25) is 4.96 Å². The van der Waals surface area contributed by atoms with E-state index in [0.717, 1.165) is 21.9 Å².